The van der Waals surface area contributed by atoms with Gasteiger partial charge >= 0.3 is 0 Å². The summed E-state index contributed by atoms with van der Waals surface area (Å²) in [5, 5.41) is 6.31. The molecule has 0 radical (unpaired) electrons. The molecule has 0 saturated carbocycles. The van der Waals surface area contributed by atoms with E-state index in [2.05, 4.69) is 20.3 Å². The second-order valence-corrected chi connectivity index (χ2v) is 7.90. The Balaban J connectivity index is 0.00000576. The molecule has 144 valence electrons. The zero-order chi connectivity index (χ0) is 18.2. The van der Waals surface area contributed by atoms with Crippen LogP contribution < -0.4 is 20.1 Å². The van der Waals surface area contributed by atoms with Crippen LogP contribution in [0.15, 0.2) is 29.3 Å². The summed E-state index contributed by atoms with van der Waals surface area (Å²) in [7, 11) is -1.63. The van der Waals surface area contributed by atoms with Gasteiger partial charge < -0.3 is 15.4 Å². The third-order valence-corrected chi connectivity index (χ3v) is 4.01. The molecule has 9 heteroatoms. The second kappa shape index (κ2) is 10.8. The summed E-state index contributed by atoms with van der Waals surface area (Å²) in [6, 6.07) is 7.71. The molecule has 0 fully saturated rings. The maximum Gasteiger partial charge on any atom is 0.209 e. The highest BCUT2D eigenvalue weighted by Gasteiger charge is 2.22. The number of benzene rings is 1. The predicted octanol–water partition coefficient (Wildman–Crippen LogP) is 1.70. The minimum atomic E-state index is -3.27. The van der Waals surface area contributed by atoms with Crippen molar-refractivity contribution in [1.29, 1.82) is 0 Å². The van der Waals surface area contributed by atoms with Gasteiger partial charge in [0.1, 0.15) is 5.75 Å². The number of sulfonamides is 1. The molecule has 0 aliphatic carbocycles. The third-order valence-electron chi connectivity index (χ3n) is 3.08. The van der Waals surface area contributed by atoms with E-state index in [1.165, 1.54) is 0 Å². The molecule has 0 amide bonds. The number of hydrogen-bond donors (Lipinski definition) is 3. The van der Waals surface area contributed by atoms with Gasteiger partial charge in [-0.3, -0.25) is 0 Å². The molecule has 0 heterocycles. The molecule has 0 bridgehead atoms. The average Bonchev–Trinajstić information content (AvgIpc) is 2.48. The fourth-order valence-corrected chi connectivity index (χ4v) is 3.16. The first-order valence-corrected chi connectivity index (χ1v) is 9.68. The van der Waals surface area contributed by atoms with Crippen molar-refractivity contribution >= 4 is 40.0 Å². The Hall–Kier alpha value is -1.07. The van der Waals surface area contributed by atoms with Crippen LogP contribution in [0.1, 0.15) is 26.3 Å². The van der Waals surface area contributed by atoms with Gasteiger partial charge in [0.25, 0.3) is 0 Å². The molecule has 0 unspecified atom stereocenters. The molecule has 1 aromatic carbocycles. The van der Waals surface area contributed by atoms with E-state index >= 15 is 0 Å². The lowest BCUT2D eigenvalue weighted by Crippen LogP contribution is -2.53. The van der Waals surface area contributed by atoms with E-state index < -0.39 is 15.6 Å². The van der Waals surface area contributed by atoms with Gasteiger partial charge in [-0.05, 0) is 38.5 Å². The molecule has 25 heavy (non-hydrogen) atoms. The lowest BCUT2D eigenvalue weighted by Gasteiger charge is -2.26. The second-order valence-electron chi connectivity index (χ2n) is 6.15. The number of aliphatic imine (C=N–C) groups is 1. The summed E-state index contributed by atoms with van der Waals surface area (Å²) in [6.45, 7) is 7.24. The number of hydrogen-bond acceptors (Lipinski definition) is 4. The van der Waals surface area contributed by atoms with Crippen molar-refractivity contribution in [2.24, 2.45) is 4.99 Å². The zero-order valence-corrected chi connectivity index (χ0v) is 18.6. The Morgan fingerprint density at radius 1 is 1.20 bits per heavy atom. The Morgan fingerprint density at radius 3 is 2.28 bits per heavy atom. The van der Waals surface area contributed by atoms with Crippen molar-refractivity contribution in [1.82, 2.24) is 15.4 Å². The third kappa shape index (κ3) is 10.5. The number of nitrogens with zero attached hydrogens (tertiary/aromatic N) is 1. The predicted molar refractivity (Wildman–Crippen MR) is 113 cm³/mol. The summed E-state index contributed by atoms with van der Waals surface area (Å²) in [5.41, 5.74) is 0.436. The van der Waals surface area contributed by atoms with E-state index in [9.17, 15) is 8.42 Å². The smallest absolute Gasteiger partial charge is 0.209 e. The highest BCUT2D eigenvalue weighted by atomic mass is 127. The van der Waals surface area contributed by atoms with Crippen LogP contribution in [0.5, 0.6) is 5.75 Å². The number of ether oxygens (including phenoxy) is 1. The number of guanidine groups is 1. The molecule has 1 rings (SSSR count). The fourth-order valence-electron chi connectivity index (χ4n) is 2.09. The minimum absolute atomic E-state index is 0. The Bertz CT molecular complexity index is 646. The SMILES string of the molecule is CCNC(=NCc1ccc(OC)cc1)NCC(C)(C)NS(C)(=O)=O.I. The Morgan fingerprint density at radius 2 is 1.80 bits per heavy atom. The minimum Gasteiger partial charge on any atom is -0.497 e. The summed E-state index contributed by atoms with van der Waals surface area (Å²) >= 11 is 0. The van der Waals surface area contributed by atoms with Crippen LogP contribution in [0.3, 0.4) is 0 Å². The molecule has 0 aliphatic heterocycles. The van der Waals surface area contributed by atoms with Gasteiger partial charge in [0.15, 0.2) is 5.96 Å². The summed E-state index contributed by atoms with van der Waals surface area (Å²) in [6.07, 6.45) is 1.15. The van der Waals surface area contributed by atoms with E-state index in [0.717, 1.165) is 17.6 Å². The number of rotatable bonds is 8. The summed E-state index contributed by atoms with van der Waals surface area (Å²) in [4.78, 5) is 4.52. The highest BCUT2D eigenvalue weighted by Crippen LogP contribution is 2.11. The quantitative estimate of drug-likeness (QED) is 0.297. The maximum atomic E-state index is 11.4. The van der Waals surface area contributed by atoms with Crippen LogP contribution in [0, 0.1) is 0 Å². The molecule has 7 nitrogen and oxygen atoms in total. The number of methoxy groups -OCH3 is 1. The zero-order valence-electron chi connectivity index (χ0n) is 15.4. The van der Waals surface area contributed by atoms with Crippen molar-refractivity contribution in [3.8, 4) is 5.75 Å². The van der Waals surface area contributed by atoms with E-state index in [1.807, 2.05) is 45.0 Å². The standard InChI is InChI=1S/C16H28N4O3S.HI/c1-6-17-15(19-12-16(2,3)20-24(5,21)22)18-11-13-7-9-14(23-4)10-8-13;/h7-10,20H,6,11-12H2,1-5H3,(H2,17,18,19);1H. The molecule has 0 saturated heterocycles. The van der Waals surface area contributed by atoms with Gasteiger partial charge in [-0.1, -0.05) is 12.1 Å². The van der Waals surface area contributed by atoms with E-state index in [1.54, 1.807) is 7.11 Å². The van der Waals surface area contributed by atoms with E-state index in [0.29, 0.717) is 25.6 Å². The Labute approximate surface area is 168 Å². The first-order chi connectivity index (χ1) is 11.1. The fraction of sp³-hybridized carbons (Fsp3) is 0.562. The van der Waals surface area contributed by atoms with Crippen molar-refractivity contribution in [3.05, 3.63) is 29.8 Å². The topological polar surface area (TPSA) is 91.8 Å². The molecular formula is C16H29IN4O3S. The molecule has 0 spiro atoms. The maximum absolute atomic E-state index is 11.4. The van der Waals surface area contributed by atoms with Gasteiger partial charge in [0.05, 0.1) is 19.9 Å². The van der Waals surface area contributed by atoms with Crippen LogP contribution in [0.2, 0.25) is 0 Å². The average molecular weight is 484 g/mol. The number of halogens is 1. The van der Waals surface area contributed by atoms with E-state index in [4.69, 9.17) is 4.74 Å². The first-order valence-electron chi connectivity index (χ1n) is 7.79. The normalized spacial score (nSPS) is 12.3. The van der Waals surface area contributed by atoms with Gasteiger partial charge in [0, 0.05) is 18.6 Å². The summed E-state index contributed by atoms with van der Waals surface area (Å²) < 4.78 is 30.5. The molecule has 3 N–H and O–H groups in total. The molecule has 0 atom stereocenters. The summed E-state index contributed by atoms with van der Waals surface area (Å²) in [5.74, 6) is 1.44. The molecule has 0 aliphatic rings. The van der Waals surface area contributed by atoms with Gasteiger partial charge in [-0.2, -0.15) is 0 Å². The molecular weight excluding hydrogens is 455 g/mol. The van der Waals surface area contributed by atoms with Gasteiger partial charge in [0.2, 0.25) is 10.0 Å². The molecule has 0 aromatic heterocycles. The van der Waals surface area contributed by atoms with Crippen LogP contribution in [-0.4, -0.2) is 46.4 Å². The Kier molecular flexibility index (Phi) is 10.4. The van der Waals surface area contributed by atoms with E-state index in [-0.39, 0.29) is 24.0 Å². The van der Waals surface area contributed by atoms with Crippen LogP contribution in [0.4, 0.5) is 0 Å². The van der Waals surface area contributed by atoms with Crippen LogP contribution in [-0.2, 0) is 16.6 Å². The first kappa shape index (κ1) is 23.9. The van der Waals surface area contributed by atoms with Crippen molar-refractivity contribution in [2.45, 2.75) is 32.9 Å². The van der Waals surface area contributed by atoms with Crippen LogP contribution in [0.25, 0.3) is 0 Å². The van der Waals surface area contributed by atoms with Crippen molar-refractivity contribution < 1.29 is 13.2 Å². The van der Waals surface area contributed by atoms with Crippen LogP contribution >= 0.6 is 24.0 Å². The molecule has 1 aromatic rings. The van der Waals surface area contributed by atoms with Gasteiger partial charge in [-0.25, -0.2) is 18.1 Å². The van der Waals surface area contributed by atoms with Crippen molar-refractivity contribution in [3.63, 3.8) is 0 Å². The highest BCUT2D eigenvalue weighted by molar-refractivity contribution is 14.0. The lowest BCUT2D eigenvalue weighted by atomic mass is 10.1. The van der Waals surface area contributed by atoms with Gasteiger partial charge in [-0.15, -0.1) is 24.0 Å². The lowest BCUT2D eigenvalue weighted by molar-refractivity contribution is 0.414. The number of nitrogens with one attached hydrogen (secondary N) is 3. The largest absolute Gasteiger partial charge is 0.497 e. The monoisotopic (exact) mass is 484 g/mol. The van der Waals surface area contributed by atoms with Crippen molar-refractivity contribution in [2.75, 3.05) is 26.5 Å².